The van der Waals surface area contributed by atoms with Gasteiger partial charge < -0.3 is 16.2 Å². The van der Waals surface area contributed by atoms with Gasteiger partial charge in [0.2, 0.25) is 5.91 Å². The summed E-state index contributed by atoms with van der Waals surface area (Å²) >= 11 is 0. The van der Waals surface area contributed by atoms with E-state index < -0.39 is 11.4 Å². The van der Waals surface area contributed by atoms with Crippen molar-refractivity contribution in [3.05, 3.63) is 29.3 Å². The maximum absolute atomic E-state index is 12.2. The minimum Gasteiger partial charge on any atom is -0.478 e. The molecule has 0 heterocycles. The normalized spacial score (nSPS) is 13.7. The molecule has 4 N–H and O–H groups in total. The number of rotatable bonds is 5. The number of hydrogen-bond donors (Lipinski definition) is 3. The molecule has 1 atom stereocenters. The topological polar surface area (TPSA) is 92.4 Å². The molecule has 0 aliphatic rings. The molecule has 1 amide bonds. The summed E-state index contributed by atoms with van der Waals surface area (Å²) in [5.74, 6) is -1.21. The summed E-state index contributed by atoms with van der Waals surface area (Å²) in [5, 5.41) is 11.7. The Bertz CT molecular complexity index is 493. The van der Waals surface area contributed by atoms with Crippen molar-refractivity contribution >= 4 is 17.6 Å². The lowest BCUT2D eigenvalue weighted by Gasteiger charge is -2.25. The predicted molar refractivity (Wildman–Crippen MR) is 74.2 cm³/mol. The molecule has 1 unspecified atom stereocenters. The number of amides is 1. The first-order chi connectivity index (χ1) is 8.84. The van der Waals surface area contributed by atoms with E-state index in [4.69, 9.17) is 10.8 Å². The van der Waals surface area contributed by atoms with Gasteiger partial charge >= 0.3 is 5.97 Å². The highest BCUT2D eigenvalue weighted by Gasteiger charge is 2.30. The van der Waals surface area contributed by atoms with Gasteiger partial charge in [0.05, 0.1) is 11.0 Å². The third-order valence-corrected chi connectivity index (χ3v) is 3.51. The SMILES string of the molecule is CCC(C)(CN)C(=O)Nc1cc(C(=O)O)ccc1C. The van der Waals surface area contributed by atoms with Crippen molar-refractivity contribution in [3.63, 3.8) is 0 Å². The van der Waals surface area contributed by atoms with Crippen LogP contribution in [-0.4, -0.2) is 23.5 Å². The molecule has 0 aromatic heterocycles. The number of carbonyl (C=O) groups excluding carboxylic acids is 1. The number of hydrogen-bond acceptors (Lipinski definition) is 3. The lowest BCUT2D eigenvalue weighted by Crippen LogP contribution is -2.39. The molecule has 1 rings (SSSR count). The standard InChI is InChI=1S/C14H20N2O3/c1-4-14(3,8-15)13(19)16-11-7-10(12(17)18)6-5-9(11)2/h5-7H,4,8,15H2,1-3H3,(H,16,19)(H,17,18). The Morgan fingerprint density at radius 2 is 2.05 bits per heavy atom. The van der Waals surface area contributed by atoms with E-state index in [1.165, 1.54) is 12.1 Å². The Hall–Kier alpha value is -1.88. The van der Waals surface area contributed by atoms with Gasteiger partial charge in [0.15, 0.2) is 0 Å². The number of carbonyl (C=O) groups is 2. The molecule has 0 aliphatic heterocycles. The summed E-state index contributed by atoms with van der Waals surface area (Å²) in [4.78, 5) is 23.1. The van der Waals surface area contributed by atoms with Crippen LogP contribution in [0.3, 0.4) is 0 Å². The van der Waals surface area contributed by atoms with Crippen LogP contribution < -0.4 is 11.1 Å². The Morgan fingerprint density at radius 1 is 1.42 bits per heavy atom. The number of carboxylic acid groups (broad SMARTS) is 1. The van der Waals surface area contributed by atoms with Gasteiger partial charge in [-0.2, -0.15) is 0 Å². The maximum atomic E-state index is 12.2. The second-order valence-electron chi connectivity index (χ2n) is 4.91. The van der Waals surface area contributed by atoms with E-state index in [0.29, 0.717) is 12.1 Å². The largest absolute Gasteiger partial charge is 0.478 e. The minimum absolute atomic E-state index is 0.145. The molecule has 0 fully saturated rings. The highest BCUT2D eigenvalue weighted by molar-refractivity contribution is 5.97. The van der Waals surface area contributed by atoms with Crippen LogP contribution >= 0.6 is 0 Å². The van der Waals surface area contributed by atoms with Crippen LogP contribution in [0.4, 0.5) is 5.69 Å². The van der Waals surface area contributed by atoms with Gasteiger partial charge in [-0.05, 0) is 38.0 Å². The summed E-state index contributed by atoms with van der Waals surface area (Å²) in [5.41, 5.74) is 6.46. The van der Waals surface area contributed by atoms with E-state index >= 15 is 0 Å². The molecule has 19 heavy (non-hydrogen) atoms. The van der Waals surface area contributed by atoms with Crippen molar-refractivity contribution in [2.75, 3.05) is 11.9 Å². The quantitative estimate of drug-likeness (QED) is 0.758. The Kier molecular flexibility index (Phi) is 4.67. The predicted octanol–water partition coefficient (Wildman–Crippen LogP) is 2.01. The Morgan fingerprint density at radius 3 is 2.53 bits per heavy atom. The van der Waals surface area contributed by atoms with Crippen LogP contribution in [0.1, 0.15) is 36.2 Å². The van der Waals surface area contributed by atoms with Gasteiger partial charge in [0, 0.05) is 12.2 Å². The van der Waals surface area contributed by atoms with E-state index in [0.717, 1.165) is 5.56 Å². The van der Waals surface area contributed by atoms with Gasteiger partial charge in [0.25, 0.3) is 0 Å². The van der Waals surface area contributed by atoms with Crippen LogP contribution in [0.5, 0.6) is 0 Å². The Labute approximate surface area is 112 Å². The molecule has 0 saturated carbocycles. The van der Waals surface area contributed by atoms with Crippen molar-refractivity contribution in [3.8, 4) is 0 Å². The van der Waals surface area contributed by atoms with Crippen molar-refractivity contribution in [1.29, 1.82) is 0 Å². The lowest BCUT2D eigenvalue weighted by atomic mass is 9.86. The first-order valence-electron chi connectivity index (χ1n) is 6.19. The summed E-state index contributed by atoms with van der Waals surface area (Å²) in [6.45, 7) is 5.74. The van der Waals surface area contributed by atoms with E-state index in [9.17, 15) is 9.59 Å². The number of carboxylic acids is 1. The van der Waals surface area contributed by atoms with Crippen LogP contribution in [0, 0.1) is 12.3 Å². The average Bonchev–Trinajstić information content (AvgIpc) is 2.39. The zero-order valence-corrected chi connectivity index (χ0v) is 11.5. The number of aromatic carboxylic acids is 1. The van der Waals surface area contributed by atoms with Gasteiger partial charge in [-0.3, -0.25) is 4.79 Å². The molecular formula is C14H20N2O3. The van der Waals surface area contributed by atoms with Crippen LogP contribution in [0.2, 0.25) is 0 Å². The fourth-order valence-corrected chi connectivity index (χ4v) is 1.56. The summed E-state index contributed by atoms with van der Waals surface area (Å²) in [7, 11) is 0. The fraction of sp³-hybridized carbons (Fsp3) is 0.429. The second kappa shape index (κ2) is 5.84. The molecule has 0 spiro atoms. The molecule has 1 aromatic rings. The van der Waals surface area contributed by atoms with Crippen molar-refractivity contribution in [2.45, 2.75) is 27.2 Å². The van der Waals surface area contributed by atoms with E-state index in [-0.39, 0.29) is 18.0 Å². The smallest absolute Gasteiger partial charge is 0.335 e. The molecule has 5 nitrogen and oxygen atoms in total. The third-order valence-electron chi connectivity index (χ3n) is 3.51. The minimum atomic E-state index is -1.02. The first-order valence-corrected chi connectivity index (χ1v) is 6.19. The molecule has 1 aromatic carbocycles. The second-order valence-corrected chi connectivity index (χ2v) is 4.91. The fourth-order valence-electron chi connectivity index (χ4n) is 1.56. The van der Waals surface area contributed by atoms with Crippen molar-refractivity contribution < 1.29 is 14.7 Å². The molecule has 5 heteroatoms. The first kappa shape index (κ1) is 15.2. The lowest BCUT2D eigenvalue weighted by molar-refractivity contribution is -0.124. The zero-order chi connectivity index (χ0) is 14.6. The van der Waals surface area contributed by atoms with Crippen molar-refractivity contribution in [2.24, 2.45) is 11.1 Å². The highest BCUT2D eigenvalue weighted by atomic mass is 16.4. The number of nitrogens with two attached hydrogens (primary N) is 1. The number of anilines is 1. The van der Waals surface area contributed by atoms with Gasteiger partial charge in [-0.25, -0.2) is 4.79 Å². The molecule has 104 valence electrons. The van der Waals surface area contributed by atoms with Gasteiger partial charge in [-0.15, -0.1) is 0 Å². The molecule has 0 bridgehead atoms. The summed E-state index contributed by atoms with van der Waals surface area (Å²) in [6.07, 6.45) is 0.618. The van der Waals surface area contributed by atoms with E-state index in [1.54, 1.807) is 13.0 Å². The molecule has 0 aliphatic carbocycles. The van der Waals surface area contributed by atoms with Crippen LogP contribution in [0.15, 0.2) is 18.2 Å². The zero-order valence-electron chi connectivity index (χ0n) is 11.5. The van der Waals surface area contributed by atoms with Crippen LogP contribution in [-0.2, 0) is 4.79 Å². The summed E-state index contributed by atoms with van der Waals surface area (Å²) in [6, 6.07) is 4.64. The monoisotopic (exact) mass is 264 g/mol. The number of aryl methyl sites for hydroxylation is 1. The number of nitrogens with one attached hydrogen (secondary N) is 1. The Balaban J connectivity index is 3.02. The van der Waals surface area contributed by atoms with E-state index in [2.05, 4.69) is 5.32 Å². The molecule has 0 radical (unpaired) electrons. The van der Waals surface area contributed by atoms with Gasteiger partial charge in [-0.1, -0.05) is 13.0 Å². The summed E-state index contributed by atoms with van der Waals surface area (Å²) < 4.78 is 0. The maximum Gasteiger partial charge on any atom is 0.335 e. The number of benzene rings is 1. The van der Waals surface area contributed by atoms with Crippen LogP contribution in [0.25, 0.3) is 0 Å². The highest BCUT2D eigenvalue weighted by Crippen LogP contribution is 2.24. The van der Waals surface area contributed by atoms with E-state index in [1.807, 2.05) is 13.8 Å². The molecule has 0 saturated heterocycles. The molecular weight excluding hydrogens is 244 g/mol. The van der Waals surface area contributed by atoms with Crippen molar-refractivity contribution in [1.82, 2.24) is 0 Å². The van der Waals surface area contributed by atoms with Gasteiger partial charge in [0.1, 0.15) is 0 Å². The average molecular weight is 264 g/mol. The third kappa shape index (κ3) is 3.32.